The molecule has 20 heavy (non-hydrogen) atoms. The van der Waals surface area contributed by atoms with Gasteiger partial charge in [0.2, 0.25) is 0 Å². The molecule has 0 unspecified atom stereocenters. The monoisotopic (exact) mass is 263 g/mol. The first kappa shape index (κ1) is 14.3. The summed E-state index contributed by atoms with van der Waals surface area (Å²) in [4.78, 5) is 0. The van der Waals surface area contributed by atoms with Crippen molar-refractivity contribution in [1.82, 2.24) is 0 Å². The Balaban J connectivity index is 2.25. The zero-order chi connectivity index (χ0) is 14.4. The number of nitrogens with two attached hydrogens (primary N) is 1. The topological polar surface area (TPSA) is 26.0 Å². The molecule has 0 atom stereocenters. The average molecular weight is 263 g/mol. The first-order valence-electron chi connectivity index (χ1n) is 6.91. The van der Waals surface area contributed by atoms with Crippen molar-refractivity contribution in [1.29, 1.82) is 0 Å². The smallest absolute Gasteiger partial charge is 0.0110 e. The Labute approximate surface area is 121 Å². The molecular weight excluding hydrogens is 242 g/mol. The molecule has 2 N–H and O–H groups in total. The molecular formula is C19H21N. The van der Waals surface area contributed by atoms with Crippen molar-refractivity contribution in [3.05, 3.63) is 76.4 Å². The largest absolute Gasteiger partial charge is 0.327 e. The molecule has 0 saturated carbocycles. The van der Waals surface area contributed by atoms with Crippen LogP contribution in [-0.2, 0) is 0 Å². The second-order valence-corrected chi connectivity index (χ2v) is 4.95. The number of hydrogen-bond donors (Lipinski definition) is 1. The van der Waals surface area contributed by atoms with Gasteiger partial charge >= 0.3 is 0 Å². The Morgan fingerprint density at radius 2 is 1.45 bits per heavy atom. The van der Waals surface area contributed by atoms with Gasteiger partial charge in [0.25, 0.3) is 0 Å². The molecule has 0 heterocycles. The Kier molecular flexibility index (Phi) is 4.91. The molecule has 2 aromatic rings. The molecule has 0 radical (unpaired) electrons. The fourth-order valence-electron chi connectivity index (χ4n) is 2.24. The van der Waals surface area contributed by atoms with E-state index in [0.717, 1.165) is 0 Å². The predicted molar refractivity (Wildman–Crippen MR) is 89.4 cm³/mol. The van der Waals surface area contributed by atoms with Crippen molar-refractivity contribution < 1.29 is 0 Å². The number of rotatable bonds is 4. The number of benzene rings is 2. The van der Waals surface area contributed by atoms with Crippen LogP contribution in [0, 0.1) is 13.8 Å². The molecule has 0 aliphatic heterocycles. The van der Waals surface area contributed by atoms with E-state index in [-0.39, 0.29) is 0 Å². The third kappa shape index (κ3) is 3.69. The summed E-state index contributed by atoms with van der Waals surface area (Å²) >= 11 is 0. The predicted octanol–water partition coefficient (Wildman–Crippen LogP) is 4.45. The highest BCUT2D eigenvalue weighted by molar-refractivity contribution is 5.73. The fourth-order valence-corrected chi connectivity index (χ4v) is 2.24. The molecule has 1 nitrogen and oxygen atoms in total. The van der Waals surface area contributed by atoms with Crippen LogP contribution in [0.25, 0.3) is 18.2 Å². The Morgan fingerprint density at radius 3 is 2.10 bits per heavy atom. The maximum absolute atomic E-state index is 5.48. The lowest BCUT2D eigenvalue weighted by molar-refractivity contribution is 1.26. The lowest BCUT2D eigenvalue weighted by Crippen LogP contribution is -1.91. The minimum absolute atomic E-state index is 0.572. The zero-order valence-electron chi connectivity index (χ0n) is 12.1. The van der Waals surface area contributed by atoms with Crippen LogP contribution in [-0.4, -0.2) is 6.54 Å². The van der Waals surface area contributed by atoms with Gasteiger partial charge in [0.05, 0.1) is 0 Å². The summed E-state index contributed by atoms with van der Waals surface area (Å²) in [5, 5.41) is 0. The van der Waals surface area contributed by atoms with Crippen molar-refractivity contribution in [3.63, 3.8) is 0 Å². The summed E-state index contributed by atoms with van der Waals surface area (Å²) in [7, 11) is 0. The molecule has 0 aliphatic rings. The minimum atomic E-state index is 0.572. The van der Waals surface area contributed by atoms with E-state index in [4.69, 9.17) is 5.73 Å². The lowest BCUT2D eigenvalue weighted by Gasteiger charge is -2.04. The zero-order valence-corrected chi connectivity index (χ0v) is 12.1. The van der Waals surface area contributed by atoms with E-state index < -0.39 is 0 Å². The van der Waals surface area contributed by atoms with Crippen molar-refractivity contribution in [2.45, 2.75) is 13.8 Å². The molecule has 0 aliphatic carbocycles. The molecule has 2 rings (SSSR count). The molecule has 0 amide bonds. The molecule has 0 aromatic heterocycles. The maximum Gasteiger partial charge on any atom is 0.0110 e. The lowest BCUT2D eigenvalue weighted by atomic mass is 10.0. The molecule has 1 heteroatoms. The molecule has 2 aromatic carbocycles. The summed E-state index contributed by atoms with van der Waals surface area (Å²) < 4.78 is 0. The molecule has 0 bridgehead atoms. The average Bonchev–Trinajstić information content (AvgIpc) is 2.45. The van der Waals surface area contributed by atoms with E-state index in [0.29, 0.717) is 6.54 Å². The second-order valence-electron chi connectivity index (χ2n) is 4.95. The highest BCUT2D eigenvalue weighted by Gasteiger charge is 1.97. The van der Waals surface area contributed by atoms with Gasteiger partial charge in [-0.15, -0.1) is 0 Å². The van der Waals surface area contributed by atoms with E-state index in [2.05, 4.69) is 74.5 Å². The van der Waals surface area contributed by atoms with Crippen molar-refractivity contribution in [2.75, 3.05) is 6.54 Å². The van der Waals surface area contributed by atoms with Gasteiger partial charge in [-0.3, -0.25) is 0 Å². The summed E-state index contributed by atoms with van der Waals surface area (Å²) in [6.07, 6.45) is 8.37. The number of aryl methyl sites for hydroxylation is 2. The Morgan fingerprint density at radius 1 is 0.850 bits per heavy atom. The van der Waals surface area contributed by atoms with Crippen LogP contribution in [0.5, 0.6) is 0 Å². The second kappa shape index (κ2) is 6.88. The summed E-state index contributed by atoms with van der Waals surface area (Å²) in [5.41, 5.74) is 11.8. The van der Waals surface area contributed by atoms with Gasteiger partial charge in [0.1, 0.15) is 0 Å². The van der Waals surface area contributed by atoms with Crippen LogP contribution in [0.3, 0.4) is 0 Å². The maximum atomic E-state index is 5.48. The normalized spacial score (nSPS) is 11.6. The molecule has 0 fully saturated rings. The third-order valence-electron chi connectivity index (χ3n) is 3.34. The first-order valence-corrected chi connectivity index (χ1v) is 6.91. The molecule has 0 saturated heterocycles. The highest BCUT2D eigenvalue weighted by atomic mass is 14.5. The summed E-state index contributed by atoms with van der Waals surface area (Å²) in [5.74, 6) is 0. The van der Waals surface area contributed by atoms with Crippen LogP contribution in [0.15, 0.2) is 48.5 Å². The van der Waals surface area contributed by atoms with Crippen LogP contribution < -0.4 is 5.73 Å². The molecule has 0 spiro atoms. The van der Waals surface area contributed by atoms with Gasteiger partial charge in [-0.25, -0.2) is 0 Å². The van der Waals surface area contributed by atoms with Crippen LogP contribution in [0.1, 0.15) is 27.8 Å². The van der Waals surface area contributed by atoms with Crippen molar-refractivity contribution >= 4 is 18.2 Å². The minimum Gasteiger partial charge on any atom is -0.327 e. The molecule has 102 valence electrons. The van der Waals surface area contributed by atoms with Gasteiger partial charge < -0.3 is 5.73 Å². The van der Waals surface area contributed by atoms with Crippen molar-refractivity contribution in [3.8, 4) is 0 Å². The van der Waals surface area contributed by atoms with E-state index in [1.807, 2.05) is 6.08 Å². The summed E-state index contributed by atoms with van der Waals surface area (Å²) in [6.45, 7) is 4.86. The highest BCUT2D eigenvalue weighted by Crippen LogP contribution is 2.17. The first-order chi connectivity index (χ1) is 9.70. The van der Waals surface area contributed by atoms with Gasteiger partial charge in [-0.2, -0.15) is 0 Å². The Bertz CT molecular complexity index is 616. The van der Waals surface area contributed by atoms with Gasteiger partial charge in [-0.05, 0) is 47.7 Å². The van der Waals surface area contributed by atoms with Crippen LogP contribution in [0.2, 0.25) is 0 Å². The van der Waals surface area contributed by atoms with Crippen LogP contribution in [0.4, 0.5) is 0 Å². The van der Waals surface area contributed by atoms with Gasteiger partial charge in [-0.1, -0.05) is 60.7 Å². The van der Waals surface area contributed by atoms with Gasteiger partial charge in [0.15, 0.2) is 0 Å². The quantitative estimate of drug-likeness (QED) is 0.810. The SMILES string of the molecule is Cc1cccc(C)c1C=Cc1cccc(C=CCN)c1. The number of hydrogen-bond acceptors (Lipinski definition) is 1. The Hall–Kier alpha value is -2.12. The third-order valence-corrected chi connectivity index (χ3v) is 3.34. The standard InChI is InChI=1S/C19H21N/c1-15-6-3-7-16(2)19(15)12-11-18-9-4-8-17(14-18)10-5-13-20/h3-12,14H,13,20H2,1-2H3. The summed E-state index contributed by atoms with van der Waals surface area (Å²) in [6, 6.07) is 14.8. The van der Waals surface area contributed by atoms with E-state index in [1.54, 1.807) is 0 Å². The van der Waals surface area contributed by atoms with Crippen molar-refractivity contribution in [2.24, 2.45) is 5.73 Å². The van der Waals surface area contributed by atoms with E-state index >= 15 is 0 Å². The van der Waals surface area contributed by atoms with E-state index in [1.165, 1.54) is 27.8 Å². The van der Waals surface area contributed by atoms with Crippen LogP contribution >= 0.6 is 0 Å². The fraction of sp³-hybridized carbons (Fsp3) is 0.158. The van der Waals surface area contributed by atoms with E-state index in [9.17, 15) is 0 Å². The van der Waals surface area contributed by atoms with Gasteiger partial charge in [0, 0.05) is 6.54 Å².